The summed E-state index contributed by atoms with van der Waals surface area (Å²) in [5.41, 5.74) is 2.67. The highest BCUT2D eigenvalue weighted by molar-refractivity contribution is 6.30. The molecule has 1 atom stereocenters. The van der Waals surface area contributed by atoms with Gasteiger partial charge in [0.1, 0.15) is 11.6 Å². The van der Waals surface area contributed by atoms with Gasteiger partial charge in [-0.05, 0) is 42.8 Å². The average molecular weight is 493 g/mol. The van der Waals surface area contributed by atoms with Gasteiger partial charge >= 0.3 is 6.03 Å². The molecule has 0 aliphatic carbocycles. The number of benzene rings is 3. The summed E-state index contributed by atoms with van der Waals surface area (Å²) in [5.74, 6) is -0.333. The maximum atomic E-state index is 14.4. The summed E-state index contributed by atoms with van der Waals surface area (Å²) in [6, 6.07) is 17.9. The van der Waals surface area contributed by atoms with E-state index in [1.807, 2.05) is 0 Å². The van der Waals surface area contributed by atoms with Crippen LogP contribution in [0.4, 0.5) is 13.6 Å². The van der Waals surface area contributed by atoms with Gasteiger partial charge in [0.2, 0.25) is 5.82 Å². The monoisotopic (exact) mass is 492 g/mol. The molecular formula is C26H19ClF2N4O2. The van der Waals surface area contributed by atoms with Crippen LogP contribution in [0.3, 0.4) is 0 Å². The van der Waals surface area contributed by atoms with Crippen LogP contribution in [0.5, 0.6) is 0 Å². The van der Waals surface area contributed by atoms with E-state index in [1.54, 1.807) is 61.5 Å². The third-order valence-corrected chi connectivity index (χ3v) is 6.06. The Morgan fingerprint density at radius 3 is 2.57 bits per heavy atom. The lowest BCUT2D eigenvalue weighted by molar-refractivity contribution is 0.202. The Hall–Kier alpha value is -4.04. The first-order valence-electron chi connectivity index (χ1n) is 10.8. The summed E-state index contributed by atoms with van der Waals surface area (Å²) in [4.78, 5) is 19.1. The number of aromatic nitrogens is 2. The number of amides is 2. The molecule has 4 aromatic rings. The summed E-state index contributed by atoms with van der Waals surface area (Å²) in [6.45, 7) is 1.73. The zero-order chi connectivity index (χ0) is 24.5. The zero-order valence-electron chi connectivity index (χ0n) is 18.5. The van der Waals surface area contributed by atoms with Crippen LogP contribution in [0, 0.1) is 11.6 Å². The molecule has 0 saturated heterocycles. The van der Waals surface area contributed by atoms with Gasteiger partial charge in [-0.25, -0.2) is 13.6 Å². The van der Waals surface area contributed by atoms with E-state index in [1.165, 1.54) is 23.1 Å². The standard InChI is InChI=1S/C26H19ClF2N4O2/c1-15-22(25-31-24(32-35-25)17-6-4-7-19(27)13-17)23(16-9-11-20(28)12-10-16)30-26(34)33(15)14-18-5-2-3-8-21(18)29/h2-13,23H,14H2,1H3,(H,30,34). The third kappa shape index (κ3) is 4.52. The van der Waals surface area contributed by atoms with Crippen LogP contribution >= 0.6 is 11.6 Å². The van der Waals surface area contributed by atoms with Crippen LogP contribution < -0.4 is 5.32 Å². The van der Waals surface area contributed by atoms with Gasteiger partial charge < -0.3 is 9.84 Å². The number of hydrogen-bond donors (Lipinski definition) is 1. The summed E-state index contributed by atoms with van der Waals surface area (Å²) >= 11 is 6.10. The molecule has 2 heterocycles. The van der Waals surface area contributed by atoms with Gasteiger partial charge in [0.05, 0.1) is 18.2 Å². The molecule has 35 heavy (non-hydrogen) atoms. The van der Waals surface area contributed by atoms with Crippen molar-refractivity contribution in [3.63, 3.8) is 0 Å². The molecule has 0 saturated carbocycles. The van der Waals surface area contributed by atoms with E-state index < -0.39 is 23.7 Å². The highest BCUT2D eigenvalue weighted by Gasteiger charge is 2.36. The lowest BCUT2D eigenvalue weighted by Crippen LogP contribution is -2.45. The van der Waals surface area contributed by atoms with E-state index >= 15 is 0 Å². The van der Waals surface area contributed by atoms with Crippen molar-refractivity contribution in [3.05, 3.63) is 112 Å². The normalized spacial score (nSPS) is 15.9. The Kier molecular flexibility index (Phi) is 6.05. The number of hydrogen-bond acceptors (Lipinski definition) is 4. The van der Waals surface area contributed by atoms with Crippen molar-refractivity contribution in [3.8, 4) is 11.4 Å². The second kappa shape index (κ2) is 9.31. The largest absolute Gasteiger partial charge is 0.334 e. The molecular weight excluding hydrogens is 474 g/mol. The minimum atomic E-state index is -0.687. The molecule has 1 aliphatic heterocycles. The van der Waals surface area contributed by atoms with Crippen molar-refractivity contribution in [2.45, 2.75) is 19.5 Å². The number of halogens is 3. The van der Waals surface area contributed by atoms with Crippen molar-refractivity contribution in [2.24, 2.45) is 0 Å². The fourth-order valence-electron chi connectivity index (χ4n) is 4.03. The number of carbonyl (C=O) groups excluding carboxylic acids is 1. The highest BCUT2D eigenvalue weighted by Crippen LogP contribution is 2.38. The molecule has 6 nitrogen and oxygen atoms in total. The van der Waals surface area contributed by atoms with E-state index in [0.29, 0.717) is 38.8 Å². The number of allylic oxidation sites excluding steroid dienone is 1. The van der Waals surface area contributed by atoms with Crippen molar-refractivity contribution in [1.29, 1.82) is 0 Å². The number of rotatable bonds is 5. The topological polar surface area (TPSA) is 71.3 Å². The van der Waals surface area contributed by atoms with Crippen molar-refractivity contribution >= 4 is 23.2 Å². The molecule has 0 spiro atoms. The first-order valence-corrected chi connectivity index (χ1v) is 11.2. The quantitative estimate of drug-likeness (QED) is 0.351. The maximum absolute atomic E-state index is 14.4. The number of urea groups is 1. The van der Waals surface area contributed by atoms with E-state index in [0.717, 1.165) is 0 Å². The minimum Gasteiger partial charge on any atom is -0.334 e. The molecule has 1 N–H and O–H groups in total. The van der Waals surface area contributed by atoms with Crippen molar-refractivity contribution in [2.75, 3.05) is 0 Å². The molecule has 176 valence electrons. The highest BCUT2D eigenvalue weighted by atomic mass is 35.5. The Bertz CT molecular complexity index is 1440. The van der Waals surface area contributed by atoms with Gasteiger partial charge in [0.15, 0.2) is 0 Å². The van der Waals surface area contributed by atoms with Crippen LogP contribution in [0.1, 0.15) is 30.0 Å². The number of nitrogens with zero attached hydrogens (tertiary/aromatic N) is 3. The van der Waals surface area contributed by atoms with E-state index in [4.69, 9.17) is 16.1 Å². The van der Waals surface area contributed by atoms with Crippen LogP contribution in [0.15, 0.2) is 83.0 Å². The van der Waals surface area contributed by atoms with Crippen LogP contribution in [-0.4, -0.2) is 21.1 Å². The molecule has 0 radical (unpaired) electrons. The van der Waals surface area contributed by atoms with Gasteiger partial charge in [-0.1, -0.05) is 59.2 Å². The fourth-order valence-corrected chi connectivity index (χ4v) is 4.22. The van der Waals surface area contributed by atoms with Gasteiger partial charge in [-0.3, -0.25) is 4.90 Å². The minimum absolute atomic E-state index is 0.000729. The fraction of sp³-hybridized carbons (Fsp3) is 0.115. The zero-order valence-corrected chi connectivity index (χ0v) is 19.3. The molecule has 1 unspecified atom stereocenters. The first kappa shape index (κ1) is 22.7. The van der Waals surface area contributed by atoms with E-state index in [2.05, 4.69) is 15.5 Å². The smallest absolute Gasteiger partial charge is 0.322 e. The SMILES string of the molecule is CC1=C(c2nc(-c3cccc(Cl)c3)no2)C(c2ccc(F)cc2)NC(=O)N1Cc1ccccc1F. The second-order valence-corrected chi connectivity index (χ2v) is 8.48. The second-order valence-electron chi connectivity index (χ2n) is 8.04. The molecule has 0 bridgehead atoms. The Morgan fingerprint density at radius 1 is 1.06 bits per heavy atom. The molecule has 1 aliphatic rings. The van der Waals surface area contributed by atoms with E-state index in [9.17, 15) is 13.6 Å². The summed E-state index contributed by atoms with van der Waals surface area (Å²) < 4.78 is 33.6. The molecule has 1 aromatic heterocycles. The summed E-state index contributed by atoms with van der Waals surface area (Å²) in [5, 5.41) is 7.53. The lowest BCUT2D eigenvalue weighted by Gasteiger charge is -2.35. The molecule has 2 amide bonds. The molecule has 9 heteroatoms. The summed E-state index contributed by atoms with van der Waals surface area (Å²) in [6.07, 6.45) is 0. The van der Waals surface area contributed by atoms with Crippen molar-refractivity contribution < 1.29 is 18.1 Å². The Morgan fingerprint density at radius 2 is 1.83 bits per heavy atom. The predicted octanol–water partition coefficient (Wildman–Crippen LogP) is 6.37. The third-order valence-electron chi connectivity index (χ3n) is 5.83. The lowest BCUT2D eigenvalue weighted by atomic mass is 9.94. The van der Waals surface area contributed by atoms with Gasteiger partial charge in [-0.2, -0.15) is 4.98 Å². The maximum Gasteiger partial charge on any atom is 0.322 e. The van der Waals surface area contributed by atoms with Crippen LogP contribution in [0.25, 0.3) is 17.0 Å². The number of carbonyl (C=O) groups is 1. The molecule has 3 aromatic carbocycles. The van der Waals surface area contributed by atoms with Gasteiger partial charge in [-0.15, -0.1) is 0 Å². The molecule has 0 fully saturated rings. The summed E-state index contributed by atoms with van der Waals surface area (Å²) in [7, 11) is 0. The predicted molar refractivity (Wildman–Crippen MR) is 127 cm³/mol. The number of nitrogens with one attached hydrogen (secondary N) is 1. The molecule has 5 rings (SSSR count). The Balaban J connectivity index is 1.61. The van der Waals surface area contributed by atoms with E-state index in [-0.39, 0.29) is 12.4 Å². The van der Waals surface area contributed by atoms with Crippen LogP contribution in [-0.2, 0) is 6.54 Å². The van der Waals surface area contributed by atoms with Gasteiger partial charge in [0.25, 0.3) is 5.89 Å². The van der Waals surface area contributed by atoms with Crippen molar-refractivity contribution in [1.82, 2.24) is 20.4 Å². The Labute approximate surface area is 204 Å². The average Bonchev–Trinajstić information content (AvgIpc) is 3.33. The first-order chi connectivity index (χ1) is 16.9. The van der Waals surface area contributed by atoms with Crippen LogP contribution in [0.2, 0.25) is 5.02 Å². The van der Waals surface area contributed by atoms with Gasteiger partial charge in [0, 0.05) is 21.8 Å².